The fourth-order valence-electron chi connectivity index (χ4n) is 2.70. The van der Waals surface area contributed by atoms with Crippen molar-refractivity contribution >= 4 is 33.0 Å². The van der Waals surface area contributed by atoms with Gasteiger partial charge in [0.1, 0.15) is 0 Å². The lowest BCUT2D eigenvalue weighted by atomic mass is 9.83. The van der Waals surface area contributed by atoms with E-state index >= 15 is 0 Å². The van der Waals surface area contributed by atoms with Crippen molar-refractivity contribution in [1.29, 1.82) is 0 Å². The van der Waals surface area contributed by atoms with Crippen molar-refractivity contribution in [2.75, 3.05) is 12.8 Å². The minimum atomic E-state index is -3.44. The number of rotatable bonds is 5. The number of carbonyl (C=O) groups excluding carboxylic acids is 2. The Kier molecular flexibility index (Phi) is 5.59. The number of hydrogen-bond acceptors (Lipinski definition) is 6. The Bertz CT molecular complexity index is 830. The van der Waals surface area contributed by atoms with Gasteiger partial charge in [0.05, 0.1) is 15.5 Å². The molecule has 8 heteroatoms. The Hall–Kier alpha value is -1.54. The molecule has 2 rings (SSSR count). The normalized spacial score (nSPS) is 17.1. The third-order valence-corrected chi connectivity index (χ3v) is 5.41. The van der Waals surface area contributed by atoms with Crippen molar-refractivity contribution in [1.82, 2.24) is 0 Å². The highest BCUT2D eigenvalue weighted by molar-refractivity contribution is 7.90. The maximum Gasteiger partial charge on any atom is 0.198 e. The molecule has 130 valence electrons. The minimum Gasteiger partial charge on any atom is -0.329 e. The van der Waals surface area contributed by atoms with E-state index in [0.717, 1.165) is 6.26 Å². The van der Waals surface area contributed by atoms with Crippen LogP contribution in [0.1, 0.15) is 29.6 Å². The largest absolute Gasteiger partial charge is 0.329 e. The molecule has 1 aliphatic rings. The van der Waals surface area contributed by atoms with Crippen LogP contribution in [0.3, 0.4) is 0 Å². The zero-order valence-corrected chi connectivity index (χ0v) is 14.8. The van der Waals surface area contributed by atoms with Crippen molar-refractivity contribution in [2.45, 2.75) is 30.2 Å². The molecular weight excluding hydrogens is 352 g/mol. The van der Waals surface area contributed by atoms with Gasteiger partial charge in [0.25, 0.3) is 0 Å². The van der Waals surface area contributed by atoms with Crippen LogP contribution in [-0.4, -0.2) is 38.8 Å². The molecule has 0 fully saturated rings. The number of hydrogen-bond donors (Lipinski definition) is 2. The van der Waals surface area contributed by atoms with Crippen LogP contribution in [0.5, 0.6) is 0 Å². The first-order chi connectivity index (χ1) is 11.2. The van der Waals surface area contributed by atoms with E-state index in [1.54, 1.807) is 0 Å². The number of carbonyl (C=O) groups is 2. The number of halogens is 1. The molecular formula is C16H19ClN2O4S. The van der Waals surface area contributed by atoms with Crippen molar-refractivity contribution < 1.29 is 18.0 Å². The van der Waals surface area contributed by atoms with Gasteiger partial charge in [-0.3, -0.25) is 9.59 Å². The molecule has 1 atom stereocenters. The molecule has 0 bridgehead atoms. The second-order valence-corrected chi connectivity index (χ2v) is 8.19. The average Bonchev–Trinajstić information content (AvgIpc) is 2.52. The molecule has 0 radical (unpaired) electrons. The zero-order chi connectivity index (χ0) is 18.1. The fourth-order valence-corrected chi connectivity index (χ4v) is 3.68. The van der Waals surface area contributed by atoms with Gasteiger partial charge in [0.15, 0.2) is 21.4 Å². The number of nitrogens with two attached hydrogens (primary N) is 2. The Morgan fingerprint density at radius 1 is 1.33 bits per heavy atom. The van der Waals surface area contributed by atoms with E-state index in [-0.39, 0.29) is 39.8 Å². The van der Waals surface area contributed by atoms with Gasteiger partial charge in [-0.15, -0.1) is 0 Å². The molecule has 0 aromatic heterocycles. The van der Waals surface area contributed by atoms with Crippen LogP contribution >= 0.6 is 11.6 Å². The SMILES string of the molecule is CS(=O)(=O)c1ccc(C(=O)C2=C(C(N)CN)CCCC2=O)c(Cl)c1. The smallest absolute Gasteiger partial charge is 0.198 e. The summed E-state index contributed by atoms with van der Waals surface area (Å²) in [5.74, 6) is -0.822. The number of benzene rings is 1. The third-order valence-electron chi connectivity index (χ3n) is 3.99. The molecule has 0 aliphatic heterocycles. The van der Waals surface area contributed by atoms with Crippen molar-refractivity contribution in [2.24, 2.45) is 11.5 Å². The number of ketones is 2. The molecule has 1 aromatic carbocycles. The average molecular weight is 371 g/mol. The summed E-state index contributed by atoms with van der Waals surface area (Å²) >= 11 is 6.08. The number of Topliss-reactive ketones (excluding diaryl/α,β-unsaturated/α-hetero) is 2. The zero-order valence-electron chi connectivity index (χ0n) is 13.2. The highest BCUT2D eigenvalue weighted by Gasteiger charge is 2.30. The van der Waals surface area contributed by atoms with Gasteiger partial charge >= 0.3 is 0 Å². The topological polar surface area (TPSA) is 120 Å². The Morgan fingerprint density at radius 2 is 2.00 bits per heavy atom. The predicted molar refractivity (Wildman–Crippen MR) is 91.8 cm³/mol. The first-order valence-electron chi connectivity index (χ1n) is 7.43. The van der Waals surface area contributed by atoms with E-state index in [1.165, 1.54) is 18.2 Å². The lowest BCUT2D eigenvalue weighted by Crippen LogP contribution is -2.36. The van der Waals surface area contributed by atoms with E-state index < -0.39 is 21.7 Å². The molecule has 0 spiro atoms. The quantitative estimate of drug-likeness (QED) is 0.594. The van der Waals surface area contributed by atoms with E-state index in [1.807, 2.05) is 0 Å². The van der Waals surface area contributed by atoms with Crippen LogP contribution in [0.25, 0.3) is 0 Å². The van der Waals surface area contributed by atoms with Gasteiger partial charge in [-0.2, -0.15) is 0 Å². The molecule has 0 amide bonds. The summed E-state index contributed by atoms with van der Waals surface area (Å²) in [6, 6.07) is 3.26. The lowest BCUT2D eigenvalue weighted by molar-refractivity contribution is -0.115. The van der Waals surface area contributed by atoms with Gasteiger partial charge < -0.3 is 11.5 Å². The van der Waals surface area contributed by atoms with Crippen LogP contribution in [0.4, 0.5) is 0 Å². The van der Waals surface area contributed by atoms with Crippen LogP contribution in [-0.2, 0) is 14.6 Å². The Labute approximate surface area is 145 Å². The molecule has 0 saturated heterocycles. The summed E-state index contributed by atoms with van der Waals surface area (Å²) in [5.41, 5.74) is 12.2. The van der Waals surface area contributed by atoms with Gasteiger partial charge in [-0.25, -0.2) is 8.42 Å². The van der Waals surface area contributed by atoms with Crippen molar-refractivity contribution in [3.05, 3.63) is 39.9 Å². The highest BCUT2D eigenvalue weighted by atomic mass is 35.5. The summed E-state index contributed by atoms with van der Waals surface area (Å²) in [4.78, 5) is 25.1. The summed E-state index contributed by atoms with van der Waals surface area (Å²) in [7, 11) is -3.44. The second-order valence-electron chi connectivity index (χ2n) is 5.76. The van der Waals surface area contributed by atoms with Crippen LogP contribution in [0.15, 0.2) is 34.2 Å². The van der Waals surface area contributed by atoms with Crippen LogP contribution < -0.4 is 11.5 Å². The summed E-state index contributed by atoms with van der Waals surface area (Å²) in [5, 5.41) is -0.0190. The van der Waals surface area contributed by atoms with E-state index in [0.29, 0.717) is 18.4 Å². The van der Waals surface area contributed by atoms with Gasteiger partial charge in [-0.05, 0) is 36.6 Å². The van der Waals surface area contributed by atoms with Crippen LogP contribution in [0, 0.1) is 0 Å². The number of sulfone groups is 1. The van der Waals surface area contributed by atoms with Gasteiger partial charge in [-0.1, -0.05) is 11.6 Å². The molecule has 1 unspecified atom stereocenters. The maximum atomic E-state index is 12.8. The predicted octanol–water partition coefficient (Wildman–Crippen LogP) is 1.26. The molecule has 0 heterocycles. The van der Waals surface area contributed by atoms with Crippen molar-refractivity contribution in [3.8, 4) is 0 Å². The molecule has 1 aliphatic carbocycles. The molecule has 24 heavy (non-hydrogen) atoms. The standard InChI is InChI=1S/C16H19ClN2O4S/c1-24(22,23)9-5-6-10(12(17)7-9)16(21)15-11(13(19)8-18)3-2-4-14(15)20/h5-7,13H,2-4,8,18-19H2,1H3. The summed E-state index contributed by atoms with van der Waals surface area (Å²) in [6.07, 6.45) is 2.47. The number of allylic oxidation sites excluding steroid dienone is 1. The van der Waals surface area contributed by atoms with E-state index in [2.05, 4.69) is 0 Å². The van der Waals surface area contributed by atoms with Gasteiger partial charge in [0.2, 0.25) is 0 Å². The monoisotopic (exact) mass is 370 g/mol. The Morgan fingerprint density at radius 3 is 2.54 bits per heavy atom. The third kappa shape index (κ3) is 3.75. The van der Waals surface area contributed by atoms with E-state index in [4.69, 9.17) is 23.1 Å². The second kappa shape index (κ2) is 7.14. The van der Waals surface area contributed by atoms with Gasteiger partial charge in [0, 0.05) is 30.8 Å². The first-order valence-corrected chi connectivity index (χ1v) is 9.70. The minimum absolute atomic E-state index is 0.00637. The lowest BCUT2D eigenvalue weighted by Gasteiger charge is -2.23. The van der Waals surface area contributed by atoms with E-state index in [9.17, 15) is 18.0 Å². The molecule has 6 nitrogen and oxygen atoms in total. The Balaban J connectivity index is 2.54. The fraction of sp³-hybridized carbons (Fsp3) is 0.375. The summed E-state index contributed by atoms with van der Waals surface area (Å²) in [6.45, 7) is 0.125. The first kappa shape index (κ1) is 18.8. The molecule has 1 aromatic rings. The molecule has 0 saturated carbocycles. The highest BCUT2D eigenvalue weighted by Crippen LogP contribution is 2.30. The molecule has 4 N–H and O–H groups in total. The van der Waals surface area contributed by atoms with Crippen molar-refractivity contribution in [3.63, 3.8) is 0 Å². The maximum absolute atomic E-state index is 12.8. The summed E-state index contributed by atoms with van der Waals surface area (Å²) < 4.78 is 23.1. The van der Waals surface area contributed by atoms with Crippen LogP contribution in [0.2, 0.25) is 5.02 Å².